The molecule has 0 unspecified atom stereocenters. The van der Waals surface area contributed by atoms with Crippen molar-refractivity contribution in [1.82, 2.24) is 5.48 Å². The van der Waals surface area contributed by atoms with E-state index in [0.717, 1.165) is 33.5 Å². The fourth-order valence-corrected chi connectivity index (χ4v) is 2.54. The highest BCUT2D eigenvalue weighted by molar-refractivity contribution is 9.10. The third-order valence-corrected chi connectivity index (χ3v) is 3.25. The molecule has 0 aliphatic carbocycles. The minimum atomic E-state index is 0.579. The number of nitrogens with one attached hydrogen (secondary N) is 1. The monoisotopic (exact) mass is 303 g/mol. The first-order chi connectivity index (χ1) is 8.19. The maximum atomic E-state index is 5.39. The summed E-state index contributed by atoms with van der Waals surface area (Å²) < 4.78 is 11.6. The number of hydroxylamine groups is 1. The second-order valence-electron chi connectivity index (χ2n) is 3.45. The van der Waals surface area contributed by atoms with Crippen LogP contribution in [-0.2, 0) is 17.8 Å². The zero-order valence-electron chi connectivity index (χ0n) is 10.6. The van der Waals surface area contributed by atoms with Gasteiger partial charge >= 0.3 is 0 Å². The summed E-state index contributed by atoms with van der Waals surface area (Å²) in [5, 5.41) is 0. The number of methoxy groups -OCH3 is 2. The van der Waals surface area contributed by atoms with E-state index in [1.165, 1.54) is 0 Å². The predicted octanol–water partition coefficient (Wildman–Crippen LogP) is 2.68. The summed E-state index contributed by atoms with van der Waals surface area (Å²) >= 11 is 3.52. The van der Waals surface area contributed by atoms with E-state index in [1.54, 1.807) is 21.3 Å². The van der Waals surface area contributed by atoms with E-state index in [9.17, 15) is 0 Å². The molecule has 17 heavy (non-hydrogen) atoms. The highest BCUT2D eigenvalue weighted by Gasteiger charge is 2.16. The Morgan fingerprint density at radius 3 is 2.18 bits per heavy atom. The molecule has 1 aromatic rings. The van der Waals surface area contributed by atoms with E-state index in [-0.39, 0.29) is 0 Å². The van der Waals surface area contributed by atoms with E-state index < -0.39 is 0 Å². The van der Waals surface area contributed by atoms with Crippen molar-refractivity contribution < 1.29 is 14.3 Å². The summed E-state index contributed by atoms with van der Waals surface area (Å²) in [5.74, 6) is 1.59. The van der Waals surface area contributed by atoms with Gasteiger partial charge in [-0.2, -0.15) is 5.48 Å². The van der Waals surface area contributed by atoms with E-state index in [1.807, 2.05) is 0 Å². The van der Waals surface area contributed by atoms with E-state index in [0.29, 0.717) is 6.54 Å². The van der Waals surface area contributed by atoms with Crippen molar-refractivity contribution in [2.45, 2.75) is 19.9 Å². The third kappa shape index (κ3) is 3.12. The van der Waals surface area contributed by atoms with Gasteiger partial charge in [-0.25, -0.2) is 0 Å². The van der Waals surface area contributed by atoms with Crippen LogP contribution >= 0.6 is 15.9 Å². The molecule has 0 saturated heterocycles. The summed E-state index contributed by atoms with van der Waals surface area (Å²) in [6.07, 6.45) is 0.895. The van der Waals surface area contributed by atoms with Crippen molar-refractivity contribution in [3.63, 3.8) is 0 Å². The zero-order chi connectivity index (χ0) is 12.8. The van der Waals surface area contributed by atoms with E-state index in [4.69, 9.17) is 14.3 Å². The fourth-order valence-electron chi connectivity index (χ4n) is 1.71. The van der Waals surface area contributed by atoms with Gasteiger partial charge in [0.25, 0.3) is 0 Å². The van der Waals surface area contributed by atoms with Crippen molar-refractivity contribution >= 4 is 15.9 Å². The van der Waals surface area contributed by atoms with Crippen LogP contribution in [-0.4, -0.2) is 21.3 Å². The van der Waals surface area contributed by atoms with E-state index >= 15 is 0 Å². The number of aryl methyl sites for hydroxylation is 1. The molecule has 1 N–H and O–H groups in total. The van der Waals surface area contributed by atoms with Gasteiger partial charge in [-0.15, -0.1) is 0 Å². The minimum Gasteiger partial charge on any atom is -0.495 e. The van der Waals surface area contributed by atoms with Crippen molar-refractivity contribution in [3.8, 4) is 11.5 Å². The van der Waals surface area contributed by atoms with Crippen LogP contribution in [0, 0.1) is 0 Å². The normalized spacial score (nSPS) is 10.4. The quantitative estimate of drug-likeness (QED) is 0.820. The first kappa shape index (κ1) is 14.3. The number of ether oxygens (including phenoxy) is 2. The summed E-state index contributed by atoms with van der Waals surface area (Å²) in [4.78, 5) is 4.86. The van der Waals surface area contributed by atoms with Crippen LogP contribution in [0.3, 0.4) is 0 Å². The number of hydrogen-bond donors (Lipinski definition) is 1. The number of benzene rings is 1. The van der Waals surface area contributed by atoms with Gasteiger partial charge < -0.3 is 14.3 Å². The molecule has 0 aromatic heterocycles. The Balaban J connectivity index is 3.24. The molecule has 0 bridgehead atoms. The molecule has 0 fully saturated rings. The molecule has 5 heteroatoms. The van der Waals surface area contributed by atoms with Gasteiger partial charge in [-0.1, -0.05) is 6.92 Å². The molecule has 0 radical (unpaired) electrons. The molecule has 0 amide bonds. The van der Waals surface area contributed by atoms with Crippen molar-refractivity contribution in [1.29, 1.82) is 0 Å². The van der Waals surface area contributed by atoms with Gasteiger partial charge in [-0.05, 0) is 34.0 Å². The van der Waals surface area contributed by atoms with Crippen LogP contribution < -0.4 is 15.0 Å². The fraction of sp³-hybridized carbons (Fsp3) is 0.500. The Hall–Kier alpha value is -0.780. The van der Waals surface area contributed by atoms with Crippen LogP contribution in [0.15, 0.2) is 10.5 Å². The van der Waals surface area contributed by atoms with Gasteiger partial charge in [0.1, 0.15) is 16.0 Å². The standard InChI is InChI=1S/C12H18BrNO3/c1-5-8-6-9(7-14-17-4)12(16-3)10(13)11(8)15-2/h6,14H,5,7H2,1-4H3. The molecule has 0 spiro atoms. The SMILES string of the molecule is CCc1cc(CNOC)c(OC)c(Br)c1OC. The number of rotatable bonds is 6. The second kappa shape index (κ2) is 6.83. The zero-order valence-corrected chi connectivity index (χ0v) is 12.2. The largest absolute Gasteiger partial charge is 0.495 e. The van der Waals surface area contributed by atoms with E-state index in [2.05, 4.69) is 34.4 Å². The molecule has 0 heterocycles. The van der Waals surface area contributed by atoms with Crippen LogP contribution in [0.5, 0.6) is 11.5 Å². The summed E-state index contributed by atoms with van der Waals surface area (Å²) in [6, 6.07) is 2.06. The van der Waals surface area contributed by atoms with Crippen molar-refractivity contribution in [2.24, 2.45) is 0 Å². The molecule has 0 aliphatic rings. The van der Waals surface area contributed by atoms with Gasteiger partial charge in [-0.3, -0.25) is 0 Å². The molecule has 4 nitrogen and oxygen atoms in total. The predicted molar refractivity (Wildman–Crippen MR) is 70.5 cm³/mol. The molecule has 0 saturated carbocycles. The molecule has 1 rings (SSSR count). The average molecular weight is 304 g/mol. The molecular weight excluding hydrogens is 286 g/mol. The van der Waals surface area contributed by atoms with Gasteiger partial charge in [0.05, 0.1) is 21.3 Å². The third-order valence-electron chi connectivity index (χ3n) is 2.53. The molecule has 0 atom stereocenters. The summed E-state index contributed by atoms with van der Waals surface area (Å²) in [6.45, 7) is 2.67. The maximum Gasteiger partial charge on any atom is 0.141 e. The molecule has 0 aliphatic heterocycles. The van der Waals surface area contributed by atoms with Crippen LogP contribution in [0.25, 0.3) is 0 Å². The number of halogens is 1. The van der Waals surface area contributed by atoms with Crippen LogP contribution in [0.2, 0.25) is 0 Å². The van der Waals surface area contributed by atoms with Crippen molar-refractivity contribution in [2.75, 3.05) is 21.3 Å². The topological polar surface area (TPSA) is 39.7 Å². The first-order valence-electron chi connectivity index (χ1n) is 5.37. The Morgan fingerprint density at radius 1 is 1.12 bits per heavy atom. The van der Waals surface area contributed by atoms with Crippen LogP contribution in [0.1, 0.15) is 18.1 Å². The average Bonchev–Trinajstić information content (AvgIpc) is 2.35. The number of hydrogen-bond acceptors (Lipinski definition) is 4. The maximum absolute atomic E-state index is 5.39. The Bertz CT molecular complexity index is 383. The van der Waals surface area contributed by atoms with Gasteiger partial charge in [0, 0.05) is 12.1 Å². The van der Waals surface area contributed by atoms with Crippen molar-refractivity contribution in [3.05, 3.63) is 21.7 Å². The molecule has 1 aromatic carbocycles. The lowest BCUT2D eigenvalue weighted by atomic mass is 10.1. The Kier molecular flexibility index (Phi) is 5.74. The highest BCUT2D eigenvalue weighted by Crippen LogP contribution is 2.40. The Morgan fingerprint density at radius 2 is 1.71 bits per heavy atom. The first-order valence-corrected chi connectivity index (χ1v) is 6.16. The summed E-state index contributed by atoms with van der Waals surface area (Å²) in [7, 11) is 4.89. The second-order valence-corrected chi connectivity index (χ2v) is 4.25. The van der Waals surface area contributed by atoms with Crippen LogP contribution in [0.4, 0.5) is 0 Å². The highest BCUT2D eigenvalue weighted by atomic mass is 79.9. The lowest BCUT2D eigenvalue weighted by Crippen LogP contribution is -2.12. The van der Waals surface area contributed by atoms with Gasteiger partial charge in [0.15, 0.2) is 0 Å². The summed E-state index contributed by atoms with van der Waals surface area (Å²) in [5.41, 5.74) is 4.97. The smallest absolute Gasteiger partial charge is 0.141 e. The minimum absolute atomic E-state index is 0.579. The Labute approximate surface area is 110 Å². The molecular formula is C12H18BrNO3. The molecule has 96 valence electrons. The van der Waals surface area contributed by atoms with Gasteiger partial charge in [0.2, 0.25) is 0 Å². The lowest BCUT2D eigenvalue weighted by Gasteiger charge is -2.17. The lowest BCUT2D eigenvalue weighted by molar-refractivity contribution is 0.0860.